The number of carbonyl (C=O) groups excluding carboxylic acids is 1. The van der Waals surface area contributed by atoms with E-state index < -0.39 is 9.84 Å². The lowest BCUT2D eigenvalue weighted by Gasteiger charge is -2.06. The first-order chi connectivity index (χ1) is 8.80. The smallest absolute Gasteiger partial charge is 0.251 e. The lowest BCUT2D eigenvalue weighted by molar-refractivity contribution is 0.0953. The van der Waals surface area contributed by atoms with Gasteiger partial charge in [0.2, 0.25) is 0 Å². The molecule has 0 aliphatic carbocycles. The summed E-state index contributed by atoms with van der Waals surface area (Å²) in [6, 6.07) is 5.93. The Hall–Kier alpha value is -1.47. The zero-order valence-corrected chi connectivity index (χ0v) is 12.2. The summed E-state index contributed by atoms with van der Waals surface area (Å²) in [5.74, 6) is -0.312. The van der Waals surface area contributed by atoms with Crippen molar-refractivity contribution in [1.82, 2.24) is 5.32 Å². The topological polar surface area (TPSA) is 89.3 Å². The molecule has 0 radical (unpaired) electrons. The average Bonchev–Trinajstić information content (AvgIpc) is 2.33. The molecule has 0 spiro atoms. The molecule has 0 aliphatic heterocycles. The SMILES string of the molecule is CS(=O)(=O)c1cccc(C(=O)NCCCC(N)=S)c1. The van der Waals surface area contributed by atoms with E-state index in [2.05, 4.69) is 5.32 Å². The second-order valence-corrected chi connectivity index (χ2v) is 6.67. The molecule has 0 aliphatic rings. The fourth-order valence-electron chi connectivity index (χ4n) is 1.43. The van der Waals surface area contributed by atoms with Gasteiger partial charge in [0.1, 0.15) is 0 Å². The van der Waals surface area contributed by atoms with Crippen LogP contribution in [0, 0.1) is 0 Å². The van der Waals surface area contributed by atoms with Gasteiger partial charge in [-0.3, -0.25) is 4.79 Å². The summed E-state index contributed by atoms with van der Waals surface area (Å²) in [5.41, 5.74) is 5.66. The van der Waals surface area contributed by atoms with Gasteiger partial charge >= 0.3 is 0 Å². The molecule has 0 heterocycles. The quantitative estimate of drug-likeness (QED) is 0.601. The Morgan fingerprint density at radius 3 is 2.68 bits per heavy atom. The van der Waals surface area contributed by atoms with E-state index in [0.29, 0.717) is 29.9 Å². The Morgan fingerprint density at radius 2 is 2.11 bits per heavy atom. The second-order valence-electron chi connectivity index (χ2n) is 4.13. The van der Waals surface area contributed by atoms with E-state index in [1.54, 1.807) is 12.1 Å². The Morgan fingerprint density at radius 1 is 1.42 bits per heavy atom. The number of nitrogens with one attached hydrogen (secondary N) is 1. The second kappa shape index (κ2) is 6.63. The van der Waals surface area contributed by atoms with Crippen LogP contribution in [0.1, 0.15) is 23.2 Å². The molecule has 1 amide bonds. The van der Waals surface area contributed by atoms with E-state index in [-0.39, 0.29) is 10.8 Å². The molecular formula is C12H16N2O3S2. The molecule has 19 heavy (non-hydrogen) atoms. The van der Waals surface area contributed by atoms with Crippen LogP contribution in [0.5, 0.6) is 0 Å². The van der Waals surface area contributed by atoms with Crippen LogP contribution in [0.25, 0.3) is 0 Å². The van der Waals surface area contributed by atoms with Gasteiger partial charge in [-0.1, -0.05) is 18.3 Å². The Balaban J connectivity index is 2.65. The molecule has 1 aromatic rings. The first-order valence-corrected chi connectivity index (χ1v) is 7.97. The summed E-state index contributed by atoms with van der Waals surface area (Å²) in [7, 11) is -3.31. The van der Waals surface area contributed by atoms with Gasteiger partial charge in [0.15, 0.2) is 9.84 Å². The molecule has 0 unspecified atom stereocenters. The third kappa shape index (κ3) is 5.35. The van der Waals surface area contributed by atoms with Crippen LogP contribution in [0.3, 0.4) is 0 Å². The number of sulfone groups is 1. The Kier molecular flexibility index (Phi) is 5.44. The van der Waals surface area contributed by atoms with Crippen molar-refractivity contribution in [2.24, 2.45) is 5.73 Å². The lowest BCUT2D eigenvalue weighted by atomic mass is 10.2. The standard InChI is InChI=1S/C12H16N2O3S2/c1-19(16,17)10-5-2-4-9(8-10)12(15)14-7-3-6-11(13)18/h2,4-5,8H,3,6-7H2,1H3,(H2,13,18)(H,14,15). The minimum atomic E-state index is -3.31. The van der Waals surface area contributed by atoms with Crippen molar-refractivity contribution in [3.05, 3.63) is 29.8 Å². The molecule has 7 heteroatoms. The van der Waals surface area contributed by atoms with E-state index in [4.69, 9.17) is 18.0 Å². The van der Waals surface area contributed by atoms with Crippen LogP contribution in [-0.2, 0) is 9.84 Å². The van der Waals surface area contributed by atoms with Crippen LogP contribution in [0.2, 0.25) is 0 Å². The summed E-state index contributed by atoms with van der Waals surface area (Å²) < 4.78 is 22.8. The summed E-state index contributed by atoms with van der Waals surface area (Å²) in [4.78, 5) is 12.3. The zero-order valence-electron chi connectivity index (χ0n) is 10.5. The zero-order chi connectivity index (χ0) is 14.5. The van der Waals surface area contributed by atoms with E-state index >= 15 is 0 Å². The van der Waals surface area contributed by atoms with Crippen molar-refractivity contribution in [3.8, 4) is 0 Å². The maximum atomic E-state index is 11.8. The van der Waals surface area contributed by atoms with E-state index in [1.165, 1.54) is 12.1 Å². The maximum Gasteiger partial charge on any atom is 0.251 e. The minimum absolute atomic E-state index is 0.128. The molecule has 0 bridgehead atoms. The van der Waals surface area contributed by atoms with Crippen molar-refractivity contribution < 1.29 is 13.2 Å². The number of benzene rings is 1. The fraction of sp³-hybridized carbons (Fsp3) is 0.333. The molecule has 0 fully saturated rings. The number of hydrogen-bond donors (Lipinski definition) is 2. The van der Waals surface area contributed by atoms with Crippen molar-refractivity contribution >= 4 is 33.0 Å². The molecule has 0 saturated carbocycles. The van der Waals surface area contributed by atoms with Gasteiger partial charge in [-0.05, 0) is 31.0 Å². The third-order valence-electron chi connectivity index (χ3n) is 2.41. The summed E-state index contributed by atoms with van der Waals surface area (Å²) in [6.45, 7) is 0.444. The normalized spacial score (nSPS) is 11.0. The van der Waals surface area contributed by atoms with E-state index in [9.17, 15) is 13.2 Å². The first-order valence-electron chi connectivity index (χ1n) is 5.67. The number of carbonyl (C=O) groups is 1. The summed E-state index contributed by atoms with van der Waals surface area (Å²) in [6.07, 6.45) is 2.33. The lowest BCUT2D eigenvalue weighted by Crippen LogP contribution is -2.25. The summed E-state index contributed by atoms with van der Waals surface area (Å²) >= 11 is 4.72. The average molecular weight is 300 g/mol. The molecule has 1 aromatic carbocycles. The number of hydrogen-bond acceptors (Lipinski definition) is 4. The highest BCUT2D eigenvalue weighted by atomic mass is 32.2. The van der Waals surface area contributed by atoms with Crippen LogP contribution >= 0.6 is 12.2 Å². The number of thiocarbonyl (C=S) groups is 1. The highest BCUT2D eigenvalue weighted by Gasteiger charge is 2.11. The van der Waals surface area contributed by atoms with Crippen LogP contribution < -0.4 is 11.1 Å². The number of rotatable bonds is 6. The van der Waals surface area contributed by atoms with E-state index in [1.807, 2.05) is 0 Å². The molecule has 1 rings (SSSR count). The molecule has 3 N–H and O–H groups in total. The van der Waals surface area contributed by atoms with Crippen LogP contribution in [0.15, 0.2) is 29.2 Å². The minimum Gasteiger partial charge on any atom is -0.393 e. The van der Waals surface area contributed by atoms with Crippen molar-refractivity contribution in [2.75, 3.05) is 12.8 Å². The van der Waals surface area contributed by atoms with Gasteiger partial charge < -0.3 is 11.1 Å². The van der Waals surface area contributed by atoms with E-state index in [0.717, 1.165) is 6.26 Å². The number of amides is 1. The van der Waals surface area contributed by atoms with Crippen molar-refractivity contribution in [3.63, 3.8) is 0 Å². The van der Waals surface area contributed by atoms with Gasteiger partial charge in [-0.25, -0.2) is 8.42 Å². The third-order valence-corrected chi connectivity index (χ3v) is 3.72. The van der Waals surface area contributed by atoms with Crippen LogP contribution in [0.4, 0.5) is 0 Å². The van der Waals surface area contributed by atoms with Crippen molar-refractivity contribution in [1.29, 1.82) is 0 Å². The van der Waals surface area contributed by atoms with Gasteiger partial charge in [0.05, 0.1) is 9.88 Å². The highest BCUT2D eigenvalue weighted by Crippen LogP contribution is 2.11. The monoisotopic (exact) mass is 300 g/mol. The van der Waals surface area contributed by atoms with Gasteiger partial charge in [-0.2, -0.15) is 0 Å². The predicted octanol–water partition coefficient (Wildman–Crippen LogP) is 0.886. The maximum absolute atomic E-state index is 11.8. The first kappa shape index (κ1) is 15.6. The molecule has 0 atom stereocenters. The Labute approximate surface area is 118 Å². The predicted molar refractivity (Wildman–Crippen MR) is 77.9 cm³/mol. The Bertz CT molecular complexity index is 582. The van der Waals surface area contributed by atoms with Gasteiger partial charge in [0, 0.05) is 18.4 Å². The molecule has 0 saturated heterocycles. The van der Waals surface area contributed by atoms with Gasteiger partial charge in [0.25, 0.3) is 5.91 Å². The molecule has 104 valence electrons. The molecular weight excluding hydrogens is 284 g/mol. The highest BCUT2D eigenvalue weighted by molar-refractivity contribution is 7.90. The van der Waals surface area contributed by atoms with Gasteiger partial charge in [-0.15, -0.1) is 0 Å². The van der Waals surface area contributed by atoms with Crippen molar-refractivity contribution in [2.45, 2.75) is 17.7 Å². The fourth-order valence-corrected chi connectivity index (χ4v) is 2.25. The largest absolute Gasteiger partial charge is 0.393 e. The molecule has 5 nitrogen and oxygen atoms in total. The number of nitrogens with two attached hydrogens (primary N) is 1. The summed E-state index contributed by atoms with van der Waals surface area (Å²) in [5, 5.41) is 2.68. The van der Waals surface area contributed by atoms with Crippen LogP contribution in [-0.4, -0.2) is 32.1 Å². The molecule has 0 aromatic heterocycles.